The lowest BCUT2D eigenvalue weighted by atomic mass is 9.97. The molecule has 0 aliphatic rings. The molecule has 1 aromatic rings. The monoisotopic (exact) mass is 406 g/mol. The molecule has 0 bridgehead atoms. The van der Waals surface area contributed by atoms with Crippen molar-refractivity contribution in [1.29, 1.82) is 0 Å². The third kappa shape index (κ3) is 5.95. The number of imidazole rings is 1. The van der Waals surface area contributed by atoms with Gasteiger partial charge in [0, 0.05) is 38.8 Å². The van der Waals surface area contributed by atoms with Crippen molar-refractivity contribution in [3.05, 3.63) is 18.2 Å². The number of hydrogen-bond donors (Lipinski definition) is 3. The topological polar surface area (TPSA) is 96.2 Å². The van der Waals surface area contributed by atoms with Crippen LogP contribution in [0.25, 0.3) is 0 Å². The van der Waals surface area contributed by atoms with Gasteiger partial charge in [0.05, 0.1) is 0 Å². The number of amides is 2. The first-order valence-corrected chi connectivity index (χ1v) is 9.13. The second-order valence-electron chi connectivity index (χ2n) is 7.65. The third-order valence-electron chi connectivity index (χ3n) is 4.31. The zero-order chi connectivity index (χ0) is 21.7. The summed E-state index contributed by atoms with van der Waals surface area (Å²) in [7, 11) is 1.34. The van der Waals surface area contributed by atoms with Crippen molar-refractivity contribution in [2.75, 3.05) is 6.54 Å². The van der Waals surface area contributed by atoms with Crippen LogP contribution in [0, 0.1) is 11.8 Å². The van der Waals surface area contributed by atoms with Crippen LogP contribution in [-0.2, 0) is 22.2 Å². The van der Waals surface area contributed by atoms with E-state index in [1.54, 1.807) is 13.8 Å². The van der Waals surface area contributed by atoms with Crippen LogP contribution in [0.5, 0.6) is 0 Å². The highest BCUT2D eigenvalue weighted by Crippen LogP contribution is 2.40. The molecular weight excluding hydrogens is 377 g/mol. The number of alkyl halides is 3. The van der Waals surface area contributed by atoms with Gasteiger partial charge in [0.15, 0.2) is 0 Å². The lowest BCUT2D eigenvalue weighted by Crippen LogP contribution is -2.52. The number of rotatable bonds is 9. The maximum atomic E-state index is 13.5. The first-order chi connectivity index (χ1) is 12.8. The van der Waals surface area contributed by atoms with Gasteiger partial charge in [-0.3, -0.25) is 9.59 Å². The van der Waals surface area contributed by atoms with Crippen molar-refractivity contribution in [3.63, 3.8) is 0 Å². The van der Waals surface area contributed by atoms with E-state index in [4.69, 9.17) is 0 Å². The molecule has 2 amide bonds. The van der Waals surface area contributed by atoms with Gasteiger partial charge >= 0.3 is 6.18 Å². The minimum absolute atomic E-state index is 0.107. The summed E-state index contributed by atoms with van der Waals surface area (Å²) in [6.45, 7) is 6.73. The molecule has 0 spiro atoms. The van der Waals surface area contributed by atoms with Crippen molar-refractivity contribution in [2.45, 2.75) is 58.4 Å². The summed E-state index contributed by atoms with van der Waals surface area (Å²) >= 11 is 0. The smallest absolute Gasteiger partial charge is 0.374 e. The van der Waals surface area contributed by atoms with Gasteiger partial charge in [0.25, 0.3) is 0 Å². The number of halogens is 3. The summed E-state index contributed by atoms with van der Waals surface area (Å²) < 4.78 is 41.5. The summed E-state index contributed by atoms with van der Waals surface area (Å²) in [5, 5.41) is 15.3. The Hall–Kier alpha value is -2.10. The van der Waals surface area contributed by atoms with Crippen molar-refractivity contribution >= 4 is 11.8 Å². The number of carbonyl (C=O) groups excluding carboxylic acids is 2. The highest BCUT2D eigenvalue weighted by Gasteiger charge is 2.57. The number of aryl methyl sites for hydroxylation is 1. The molecule has 0 radical (unpaired) electrons. The largest absolute Gasteiger partial charge is 0.424 e. The van der Waals surface area contributed by atoms with E-state index in [0.717, 1.165) is 10.8 Å². The molecule has 1 heterocycles. The minimum Gasteiger partial charge on any atom is -0.374 e. The molecule has 2 unspecified atom stereocenters. The Morgan fingerprint density at radius 3 is 2.29 bits per heavy atom. The Kier molecular flexibility index (Phi) is 8.04. The van der Waals surface area contributed by atoms with Crippen molar-refractivity contribution < 1.29 is 27.9 Å². The number of carbonyl (C=O) groups is 2. The number of aromatic nitrogens is 2. The fourth-order valence-electron chi connectivity index (χ4n) is 2.76. The van der Waals surface area contributed by atoms with Gasteiger partial charge in [0.2, 0.25) is 17.4 Å². The van der Waals surface area contributed by atoms with Crippen LogP contribution in [0.15, 0.2) is 12.4 Å². The van der Waals surface area contributed by atoms with Crippen molar-refractivity contribution in [3.8, 4) is 0 Å². The van der Waals surface area contributed by atoms with Crippen LogP contribution < -0.4 is 10.6 Å². The third-order valence-corrected chi connectivity index (χ3v) is 4.31. The molecule has 0 saturated carbocycles. The molecule has 1 aromatic heterocycles. The molecule has 0 saturated heterocycles. The van der Waals surface area contributed by atoms with Gasteiger partial charge < -0.3 is 20.3 Å². The molecule has 10 heteroatoms. The highest BCUT2D eigenvalue weighted by atomic mass is 19.4. The number of aliphatic hydroxyl groups is 1. The van der Waals surface area contributed by atoms with Gasteiger partial charge in [-0.1, -0.05) is 27.7 Å². The summed E-state index contributed by atoms with van der Waals surface area (Å²) in [6.07, 6.45) is -3.09. The molecule has 28 heavy (non-hydrogen) atoms. The zero-order valence-electron chi connectivity index (χ0n) is 16.8. The molecule has 0 aromatic carbocycles. The second kappa shape index (κ2) is 9.40. The number of hydrogen-bond acceptors (Lipinski definition) is 4. The molecule has 0 aliphatic heterocycles. The van der Waals surface area contributed by atoms with Gasteiger partial charge in [-0.15, -0.1) is 0 Å². The predicted molar refractivity (Wildman–Crippen MR) is 97.0 cm³/mol. The fourth-order valence-corrected chi connectivity index (χ4v) is 2.76. The fraction of sp³-hybridized carbons (Fsp3) is 0.722. The lowest BCUT2D eigenvalue weighted by Gasteiger charge is -2.30. The average Bonchev–Trinajstić information content (AvgIpc) is 2.96. The molecular formula is C18H29F3N4O3. The Labute approximate surface area is 162 Å². The van der Waals surface area contributed by atoms with Gasteiger partial charge in [-0.05, 0) is 11.8 Å². The van der Waals surface area contributed by atoms with E-state index in [0.29, 0.717) is 0 Å². The standard InChI is InChI=1S/C18H29F3N4O3/c1-11(2)10-13(26)24-14(12(3)4)15(27)22-7-6-17(28,18(19,20)21)16-23-8-9-25(16)5/h8-9,11-12,14,28H,6-7,10H2,1-5H3,(H,22,27)(H,24,26). The van der Waals surface area contributed by atoms with E-state index >= 15 is 0 Å². The van der Waals surface area contributed by atoms with Crippen molar-refractivity contribution in [1.82, 2.24) is 20.2 Å². The summed E-state index contributed by atoms with van der Waals surface area (Å²) in [6, 6.07) is -0.876. The van der Waals surface area contributed by atoms with Crippen LogP contribution >= 0.6 is 0 Å². The number of nitrogens with zero attached hydrogens (tertiary/aromatic N) is 2. The Bertz CT molecular complexity index is 673. The van der Waals surface area contributed by atoms with E-state index in [1.165, 1.54) is 13.2 Å². The Balaban J connectivity index is 2.80. The molecule has 0 fully saturated rings. The zero-order valence-corrected chi connectivity index (χ0v) is 16.8. The molecule has 2 atom stereocenters. The molecule has 7 nitrogen and oxygen atoms in total. The molecule has 0 aliphatic carbocycles. The normalized spacial score (nSPS) is 15.4. The predicted octanol–water partition coefficient (Wildman–Crippen LogP) is 1.86. The minimum atomic E-state index is -4.97. The highest BCUT2D eigenvalue weighted by molar-refractivity contribution is 5.87. The Morgan fingerprint density at radius 2 is 1.86 bits per heavy atom. The summed E-state index contributed by atoms with van der Waals surface area (Å²) in [5.74, 6) is -1.61. The van der Waals surface area contributed by atoms with E-state index < -0.39 is 42.5 Å². The van der Waals surface area contributed by atoms with E-state index in [2.05, 4.69) is 15.6 Å². The molecule has 160 valence electrons. The second-order valence-corrected chi connectivity index (χ2v) is 7.65. The van der Waals surface area contributed by atoms with Gasteiger partial charge in [-0.2, -0.15) is 13.2 Å². The summed E-state index contributed by atoms with van der Waals surface area (Å²) in [4.78, 5) is 27.9. The first kappa shape index (κ1) is 23.9. The molecule has 3 N–H and O–H groups in total. The quantitative estimate of drug-likeness (QED) is 0.583. The first-order valence-electron chi connectivity index (χ1n) is 9.13. The maximum absolute atomic E-state index is 13.5. The average molecular weight is 406 g/mol. The van der Waals surface area contributed by atoms with E-state index in [-0.39, 0.29) is 24.2 Å². The number of nitrogens with one attached hydrogen (secondary N) is 2. The SMILES string of the molecule is CC(C)CC(=O)NC(C(=O)NCCC(O)(c1nccn1C)C(F)(F)F)C(C)C. The van der Waals surface area contributed by atoms with Crippen LogP contribution in [0.4, 0.5) is 13.2 Å². The lowest BCUT2D eigenvalue weighted by molar-refractivity contribution is -0.272. The van der Waals surface area contributed by atoms with E-state index in [1.807, 2.05) is 13.8 Å². The Morgan fingerprint density at radius 1 is 1.25 bits per heavy atom. The maximum Gasteiger partial charge on any atom is 0.424 e. The summed E-state index contributed by atoms with van der Waals surface area (Å²) in [5.41, 5.74) is -3.20. The van der Waals surface area contributed by atoms with Crippen LogP contribution in [0.1, 0.15) is 46.4 Å². The van der Waals surface area contributed by atoms with Crippen LogP contribution in [-0.4, -0.2) is 45.2 Å². The molecule has 1 rings (SSSR count). The van der Waals surface area contributed by atoms with Crippen molar-refractivity contribution in [2.24, 2.45) is 18.9 Å². The van der Waals surface area contributed by atoms with Crippen LogP contribution in [0.3, 0.4) is 0 Å². The van der Waals surface area contributed by atoms with Gasteiger partial charge in [-0.25, -0.2) is 4.98 Å². The van der Waals surface area contributed by atoms with E-state index in [9.17, 15) is 27.9 Å². The van der Waals surface area contributed by atoms with Crippen LogP contribution in [0.2, 0.25) is 0 Å². The van der Waals surface area contributed by atoms with Gasteiger partial charge in [0.1, 0.15) is 11.9 Å².